The second kappa shape index (κ2) is 2.91. The van der Waals surface area contributed by atoms with Crippen LogP contribution in [0.3, 0.4) is 0 Å². The Morgan fingerprint density at radius 2 is 2.00 bits per heavy atom. The molecular weight excluding hydrogens is 176 g/mol. The van der Waals surface area contributed by atoms with Crippen LogP contribution in [0.15, 0.2) is 0 Å². The molecule has 1 aliphatic rings. The predicted molar refractivity (Wildman–Crippen MR) is 48.5 cm³/mol. The monoisotopic (exact) mass is 190 g/mol. The summed E-state index contributed by atoms with van der Waals surface area (Å²) < 4.78 is 0. The van der Waals surface area contributed by atoms with E-state index in [0.717, 1.165) is 19.3 Å². The zero-order valence-electron chi connectivity index (χ0n) is 7.56. The summed E-state index contributed by atoms with van der Waals surface area (Å²) in [6.07, 6.45) is 3.18. The Kier molecular flexibility index (Phi) is 2.39. The summed E-state index contributed by atoms with van der Waals surface area (Å²) in [6.45, 7) is 3.71. The zero-order chi connectivity index (χ0) is 9.41. The van der Waals surface area contributed by atoms with Gasteiger partial charge in [-0.25, -0.2) is 0 Å². The van der Waals surface area contributed by atoms with E-state index >= 15 is 0 Å². The van der Waals surface area contributed by atoms with Gasteiger partial charge >= 0.3 is 5.97 Å². The average molecular weight is 191 g/mol. The lowest BCUT2D eigenvalue weighted by Crippen LogP contribution is -2.39. The molecule has 0 spiro atoms. The van der Waals surface area contributed by atoms with E-state index < -0.39 is 11.4 Å². The maximum Gasteiger partial charge on any atom is 0.309 e. The second-order valence-corrected chi connectivity index (χ2v) is 5.22. The number of alkyl halides is 1. The van der Waals surface area contributed by atoms with Gasteiger partial charge in [0.1, 0.15) is 0 Å². The van der Waals surface area contributed by atoms with Crippen LogP contribution in [-0.4, -0.2) is 16.0 Å². The standard InChI is InChI=1S/C9H15ClO2/c1-8(7(11)12)4-3-5-9(2,10)6-8/h3-6H2,1-2H3,(H,11,12). The smallest absolute Gasteiger partial charge is 0.309 e. The van der Waals surface area contributed by atoms with Crippen LogP contribution in [0.4, 0.5) is 0 Å². The molecule has 1 rings (SSSR count). The summed E-state index contributed by atoms with van der Waals surface area (Å²) in [5, 5.41) is 8.97. The normalized spacial score (nSPS) is 42.6. The lowest BCUT2D eigenvalue weighted by molar-refractivity contribution is -0.150. The van der Waals surface area contributed by atoms with Crippen LogP contribution in [0.25, 0.3) is 0 Å². The molecule has 0 aromatic rings. The van der Waals surface area contributed by atoms with Gasteiger partial charge in [0.15, 0.2) is 0 Å². The molecule has 1 saturated carbocycles. The first-order chi connectivity index (χ1) is 5.36. The third-order valence-electron chi connectivity index (χ3n) is 2.70. The fraction of sp³-hybridized carbons (Fsp3) is 0.889. The maximum absolute atomic E-state index is 10.9. The minimum Gasteiger partial charge on any atom is -0.481 e. The first kappa shape index (κ1) is 9.85. The van der Waals surface area contributed by atoms with Crippen LogP contribution in [0.1, 0.15) is 39.5 Å². The average Bonchev–Trinajstić information content (AvgIpc) is 1.83. The largest absolute Gasteiger partial charge is 0.481 e. The van der Waals surface area contributed by atoms with Gasteiger partial charge < -0.3 is 5.11 Å². The van der Waals surface area contributed by atoms with Crippen molar-refractivity contribution in [2.75, 3.05) is 0 Å². The van der Waals surface area contributed by atoms with Gasteiger partial charge in [-0.15, -0.1) is 11.6 Å². The van der Waals surface area contributed by atoms with Gasteiger partial charge in [-0.1, -0.05) is 6.42 Å². The molecule has 1 fully saturated rings. The quantitative estimate of drug-likeness (QED) is 0.646. The highest BCUT2D eigenvalue weighted by Crippen LogP contribution is 2.44. The summed E-state index contributed by atoms with van der Waals surface area (Å²) in [7, 11) is 0. The van der Waals surface area contributed by atoms with Gasteiger partial charge in [-0.2, -0.15) is 0 Å². The molecular formula is C9H15ClO2. The molecule has 0 radical (unpaired) electrons. The van der Waals surface area contributed by atoms with Crippen LogP contribution in [0.2, 0.25) is 0 Å². The van der Waals surface area contributed by atoms with Crippen LogP contribution < -0.4 is 0 Å². The third kappa shape index (κ3) is 1.92. The number of rotatable bonds is 1. The fourth-order valence-corrected chi connectivity index (χ4v) is 2.45. The highest BCUT2D eigenvalue weighted by molar-refractivity contribution is 6.23. The van der Waals surface area contributed by atoms with Crippen molar-refractivity contribution < 1.29 is 9.90 Å². The summed E-state index contributed by atoms with van der Waals surface area (Å²) in [5.41, 5.74) is -0.602. The summed E-state index contributed by atoms with van der Waals surface area (Å²) >= 11 is 6.14. The Balaban J connectivity index is 2.74. The molecule has 0 bridgehead atoms. The van der Waals surface area contributed by atoms with Gasteiger partial charge in [0.05, 0.1) is 5.41 Å². The first-order valence-electron chi connectivity index (χ1n) is 4.28. The van der Waals surface area contributed by atoms with Crippen molar-refractivity contribution in [3.8, 4) is 0 Å². The zero-order valence-corrected chi connectivity index (χ0v) is 8.32. The molecule has 0 aromatic heterocycles. The third-order valence-corrected chi connectivity index (χ3v) is 3.02. The molecule has 12 heavy (non-hydrogen) atoms. The van der Waals surface area contributed by atoms with Gasteiger partial charge in [0.25, 0.3) is 0 Å². The molecule has 0 aliphatic heterocycles. The van der Waals surface area contributed by atoms with Gasteiger partial charge in [0.2, 0.25) is 0 Å². The van der Waals surface area contributed by atoms with Crippen molar-refractivity contribution in [1.82, 2.24) is 0 Å². The van der Waals surface area contributed by atoms with Gasteiger partial charge in [-0.05, 0) is 33.1 Å². The topological polar surface area (TPSA) is 37.3 Å². The summed E-state index contributed by atoms with van der Waals surface area (Å²) in [6, 6.07) is 0. The number of hydrogen-bond donors (Lipinski definition) is 1. The minimum atomic E-state index is -0.714. The van der Waals surface area contributed by atoms with E-state index in [1.165, 1.54) is 0 Å². The Morgan fingerprint density at radius 1 is 1.42 bits per heavy atom. The number of carboxylic acid groups (broad SMARTS) is 1. The maximum atomic E-state index is 10.9. The summed E-state index contributed by atoms with van der Waals surface area (Å²) in [5.74, 6) is -0.714. The number of carbonyl (C=O) groups is 1. The van der Waals surface area contributed by atoms with E-state index in [1.54, 1.807) is 6.92 Å². The van der Waals surface area contributed by atoms with Crippen LogP contribution >= 0.6 is 11.6 Å². The number of halogens is 1. The van der Waals surface area contributed by atoms with Crippen molar-refractivity contribution in [2.24, 2.45) is 5.41 Å². The molecule has 0 heterocycles. The van der Waals surface area contributed by atoms with Crippen molar-refractivity contribution in [3.63, 3.8) is 0 Å². The SMILES string of the molecule is CC1(Cl)CCCC(C)(C(=O)O)C1. The number of hydrogen-bond acceptors (Lipinski definition) is 1. The molecule has 2 atom stereocenters. The van der Waals surface area contributed by atoms with Crippen LogP contribution in [0, 0.1) is 5.41 Å². The van der Waals surface area contributed by atoms with Crippen LogP contribution in [-0.2, 0) is 4.79 Å². The van der Waals surface area contributed by atoms with E-state index in [-0.39, 0.29) is 4.87 Å². The van der Waals surface area contributed by atoms with E-state index in [0.29, 0.717) is 6.42 Å². The molecule has 0 aromatic carbocycles. The van der Waals surface area contributed by atoms with Crippen molar-refractivity contribution in [1.29, 1.82) is 0 Å². The molecule has 2 nitrogen and oxygen atoms in total. The van der Waals surface area contributed by atoms with Crippen LogP contribution in [0.5, 0.6) is 0 Å². The van der Waals surface area contributed by atoms with E-state index in [1.807, 2.05) is 6.92 Å². The minimum absolute atomic E-state index is 0.314. The van der Waals surface area contributed by atoms with E-state index in [2.05, 4.69) is 0 Å². The van der Waals surface area contributed by atoms with Crippen molar-refractivity contribution in [3.05, 3.63) is 0 Å². The molecule has 0 saturated heterocycles. The molecule has 0 amide bonds. The highest BCUT2D eigenvalue weighted by Gasteiger charge is 2.43. The highest BCUT2D eigenvalue weighted by atomic mass is 35.5. The first-order valence-corrected chi connectivity index (χ1v) is 4.66. The van der Waals surface area contributed by atoms with Gasteiger partial charge in [-0.3, -0.25) is 4.79 Å². The molecule has 1 aliphatic carbocycles. The van der Waals surface area contributed by atoms with Gasteiger partial charge in [0, 0.05) is 4.87 Å². The van der Waals surface area contributed by atoms with E-state index in [4.69, 9.17) is 16.7 Å². The number of aliphatic carboxylic acids is 1. The number of carboxylic acids is 1. The lowest BCUT2D eigenvalue weighted by atomic mass is 9.71. The Hall–Kier alpha value is -0.240. The molecule has 70 valence electrons. The fourth-order valence-electron chi connectivity index (χ4n) is 2.02. The Bertz CT molecular complexity index is 201. The predicted octanol–water partition coefficient (Wildman–Crippen LogP) is 2.65. The summed E-state index contributed by atoms with van der Waals surface area (Å²) in [4.78, 5) is 10.6. The molecule has 3 heteroatoms. The lowest BCUT2D eigenvalue weighted by Gasteiger charge is -2.38. The van der Waals surface area contributed by atoms with Crippen molar-refractivity contribution in [2.45, 2.75) is 44.4 Å². The molecule has 2 unspecified atom stereocenters. The Morgan fingerprint density at radius 3 is 2.33 bits per heavy atom. The van der Waals surface area contributed by atoms with Crippen molar-refractivity contribution >= 4 is 17.6 Å². The molecule has 1 N–H and O–H groups in total. The second-order valence-electron chi connectivity index (χ2n) is 4.31. The Labute approximate surface area is 77.9 Å². The van der Waals surface area contributed by atoms with E-state index in [9.17, 15) is 4.79 Å².